The number of piperidine rings is 1. The molecule has 8 nitrogen and oxygen atoms in total. The fraction of sp³-hybridized carbons (Fsp3) is 0.405. The second-order valence-corrected chi connectivity index (χ2v) is 12.3. The number of benzene rings is 3. The molecule has 1 unspecified atom stereocenters. The van der Waals surface area contributed by atoms with Gasteiger partial charge in [-0.15, -0.1) is 0 Å². The van der Waals surface area contributed by atoms with E-state index in [1.54, 1.807) is 42.5 Å². The minimum absolute atomic E-state index is 0.00747. The van der Waals surface area contributed by atoms with Gasteiger partial charge in [0, 0.05) is 36.8 Å². The first-order chi connectivity index (χ1) is 22.2. The van der Waals surface area contributed by atoms with Crippen molar-refractivity contribution >= 4 is 17.7 Å². The molecule has 3 aromatic rings. The molecular weight excluding hydrogens is 581 g/mol. The molecule has 0 radical (unpaired) electrons. The van der Waals surface area contributed by atoms with Crippen LogP contribution < -0.4 is 16.0 Å². The predicted molar refractivity (Wildman–Crippen MR) is 178 cm³/mol. The van der Waals surface area contributed by atoms with Crippen LogP contribution in [0.5, 0.6) is 0 Å². The standard InChI is InChI=1S/C37H44FN5O3/c1-4-34(36(45)41-22-25(2)3)40-23-32(17-26-11-6-5-7-12-26)42-35(44)29-18-28(33-15-9-8-13-27(33)21-39)19-30(20-29)37(46)43-16-10-14-31(38)24-43/h5-9,11-13,15,18-20,25,31-32,34,40H,4,10,14,16-17,22-24H2,1-3H3,(H,41,45)(H,42,44)/t31?,32-,34-/m0/s1. The third-order valence-corrected chi connectivity index (χ3v) is 8.13. The fourth-order valence-corrected chi connectivity index (χ4v) is 5.64. The van der Waals surface area contributed by atoms with E-state index < -0.39 is 18.1 Å². The highest BCUT2D eigenvalue weighted by atomic mass is 19.1. The van der Waals surface area contributed by atoms with Gasteiger partial charge in [-0.2, -0.15) is 5.26 Å². The van der Waals surface area contributed by atoms with Gasteiger partial charge in [-0.25, -0.2) is 4.39 Å². The molecule has 0 aliphatic carbocycles. The molecule has 1 heterocycles. The number of hydrogen-bond acceptors (Lipinski definition) is 5. The average molecular weight is 626 g/mol. The summed E-state index contributed by atoms with van der Waals surface area (Å²) in [6.07, 6.45) is 0.992. The van der Waals surface area contributed by atoms with Gasteiger partial charge in [0.2, 0.25) is 5.91 Å². The van der Waals surface area contributed by atoms with E-state index in [9.17, 15) is 24.0 Å². The van der Waals surface area contributed by atoms with Crippen molar-refractivity contribution in [1.82, 2.24) is 20.9 Å². The van der Waals surface area contributed by atoms with Crippen LogP contribution in [0.4, 0.5) is 4.39 Å². The summed E-state index contributed by atoms with van der Waals surface area (Å²) in [5.74, 6) is -0.505. The number of likely N-dealkylation sites (tertiary alicyclic amines) is 1. The lowest BCUT2D eigenvalue weighted by Crippen LogP contribution is -2.50. The molecule has 3 aromatic carbocycles. The Labute approximate surface area is 271 Å². The maximum Gasteiger partial charge on any atom is 0.253 e. The number of nitrogens with one attached hydrogen (secondary N) is 3. The number of carbonyl (C=O) groups is 3. The number of nitrogens with zero attached hydrogens (tertiary/aromatic N) is 2. The van der Waals surface area contributed by atoms with Gasteiger partial charge >= 0.3 is 0 Å². The highest BCUT2D eigenvalue weighted by Crippen LogP contribution is 2.27. The first-order valence-electron chi connectivity index (χ1n) is 16.1. The lowest BCUT2D eigenvalue weighted by molar-refractivity contribution is -0.123. The van der Waals surface area contributed by atoms with Crippen molar-refractivity contribution < 1.29 is 18.8 Å². The van der Waals surface area contributed by atoms with E-state index in [0.29, 0.717) is 67.9 Å². The monoisotopic (exact) mass is 625 g/mol. The van der Waals surface area contributed by atoms with Gasteiger partial charge in [0.1, 0.15) is 6.17 Å². The minimum Gasteiger partial charge on any atom is -0.354 e. The van der Waals surface area contributed by atoms with Crippen molar-refractivity contribution in [2.45, 2.75) is 64.7 Å². The van der Waals surface area contributed by atoms with E-state index in [0.717, 1.165) is 5.56 Å². The van der Waals surface area contributed by atoms with Crippen LogP contribution in [0.3, 0.4) is 0 Å². The minimum atomic E-state index is -1.09. The molecule has 4 rings (SSSR count). The van der Waals surface area contributed by atoms with Crippen molar-refractivity contribution in [3.63, 3.8) is 0 Å². The van der Waals surface area contributed by atoms with Crippen molar-refractivity contribution in [1.29, 1.82) is 5.26 Å². The Morgan fingerprint density at radius 1 is 1.00 bits per heavy atom. The Kier molecular flexibility index (Phi) is 12.4. The largest absolute Gasteiger partial charge is 0.354 e. The maximum absolute atomic E-state index is 14.2. The summed E-state index contributed by atoms with van der Waals surface area (Å²) in [6, 6.07) is 23.1. The van der Waals surface area contributed by atoms with E-state index in [4.69, 9.17) is 0 Å². The number of alkyl halides is 1. The fourth-order valence-electron chi connectivity index (χ4n) is 5.64. The van der Waals surface area contributed by atoms with E-state index >= 15 is 0 Å². The molecule has 242 valence electrons. The van der Waals surface area contributed by atoms with Crippen LogP contribution >= 0.6 is 0 Å². The number of carbonyl (C=O) groups excluding carboxylic acids is 3. The Morgan fingerprint density at radius 3 is 2.41 bits per heavy atom. The van der Waals surface area contributed by atoms with Crippen molar-refractivity contribution in [3.8, 4) is 17.2 Å². The molecule has 0 bridgehead atoms. The Balaban J connectivity index is 1.63. The lowest BCUT2D eigenvalue weighted by Gasteiger charge is -2.29. The van der Waals surface area contributed by atoms with Crippen LogP contribution in [0, 0.1) is 17.2 Å². The third-order valence-electron chi connectivity index (χ3n) is 8.13. The zero-order valence-corrected chi connectivity index (χ0v) is 26.9. The van der Waals surface area contributed by atoms with Gasteiger partial charge in [-0.05, 0) is 72.6 Å². The number of nitriles is 1. The Bertz CT molecular complexity index is 1540. The molecule has 3 atom stereocenters. The van der Waals surface area contributed by atoms with Crippen LogP contribution in [0.25, 0.3) is 11.1 Å². The Morgan fingerprint density at radius 2 is 1.72 bits per heavy atom. The molecule has 0 spiro atoms. The van der Waals surface area contributed by atoms with Crippen molar-refractivity contribution in [3.05, 3.63) is 95.1 Å². The van der Waals surface area contributed by atoms with E-state index in [2.05, 4.69) is 22.0 Å². The van der Waals surface area contributed by atoms with Gasteiger partial charge < -0.3 is 20.9 Å². The highest BCUT2D eigenvalue weighted by Gasteiger charge is 2.26. The molecule has 3 amide bonds. The molecule has 0 aromatic heterocycles. The van der Waals surface area contributed by atoms with Crippen molar-refractivity contribution in [2.24, 2.45) is 5.92 Å². The maximum atomic E-state index is 14.2. The van der Waals surface area contributed by atoms with Gasteiger partial charge in [0.05, 0.1) is 24.2 Å². The molecular formula is C37H44FN5O3. The first kappa shape index (κ1) is 34.3. The average Bonchev–Trinajstić information content (AvgIpc) is 3.07. The van der Waals surface area contributed by atoms with Gasteiger partial charge in [-0.1, -0.05) is 69.3 Å². The molecule has 1 aliphatic rings. The normalized spacial score (nSPS) is 15.9. The second kappa shape index (κ2) is 16.7. The number of halogens is 1. The molecule has 46 heavy (non-hydrogen) atoms. The summed E-state index contributed by atoms with van der Waals surface area (Å²) < 4.78 is 14.2. The smallest absolute Gasteiger partial charge is 0.253 e. The molecule has 1 saturated heterocycles. The quantitative estimate of drug-likeness (QED) is 0.239. The molecule has 0 saturated carbocycles. The second-order valence-electron chi connectivity index (χ2n) is 12.3. The summed E-state index contributed by atoms with van der Waals surface area (Å²) in [5, 5.41) is 19.2. The molecule has 1 fully saturated rings. The predicted octanol–water partition coefficient (Wildman–Crippen LogP) is 5.28. The topological polar surface area (TPSA) is 114 Å². The van der Waals surface area contributed by atoms with Gasteiger partial charge in [0.25, 0.3) is 11.8 Å². The van der Waals surface area contributed by atoms with Crippen LogP contribution in [-0.4, -0.2) is 67.1 Å². The summed E-state index contributed by atoms with van der Waals surface area (Å²) in [7, 11) is 0. The van der Waals surface area contributed by atoms with Gasteiger partial charge in [0.15, 0.2) is 0 Å². The van der Waals surface area contributed by atoms with Crippen LogP contribution in [-0.2, 0) is 11.2 Å². The summed E-state index contributed by atoms with van der Waals surface area (Å²) in [4.78, 5) is 41.9. The highest BCUT2D eigenvalue weighted by molar-refractivity contribution is 6.02. The third kappa shape index (κ3) is 9.48. The van der Waals surface area contributed by atoms with Gasteiger partial charge in [-0.3, -0.25) is 14.4 Å². The van der Waals surface area contributed by atoms with Crippen molar-refractivity contribution in [2.75, 3.05) is 26.2 Å². The number of rotatable bonds is 13. The van der Waals surface area contributed by atoms with Crippen LogP contribution in [0.1, 0.15) is 71.9 Å². The van der Waals surface area contributed by atoms with E-state index in [1.807, 2.05) is 51.1 Å². The van der Waals surface area contributed by atoms with E-state index in [1.165, 1.54) is 4.90 Å². The molecule has 3 N–H and O–H groups in total. The van der Waals surface area contributed by atoms with E-state index in [-0.39, 0.29) is 35.5 Å². The zero-order valence-electron chi connectivity index (χ0n) is 26.9. The SMILES string of the molecule is CC[C@H](NC[C@H](Cc1ccccc1)NC(=O)c1cc(C(=O)N2CCCC(F)C2)cc(-c2ccccc2C#N)c1)C(=O)NCC(C)C. The summed E-state index contributed by atoms with van der Waals surface area (Å²) in [5.41, 5.74) is 3.08. The Hall–Kier alpha value is -4.55. The number of amides is 3. The molecule has 1 aliphatic heterocycles. The lowest BCUT2D eigenvalue weighted by atomic mass is 9.95. The summed E-state index contributed by atoms with van der Waals surface area (Å²) >= 11 is 0. The van der Waals surface area contributed by atoms with Crippen LogP contribution in [0.15, 0.2) is 72.8 Å². The van der Waals surface area contributed by atoms with Crippen LogP contribution in [0.2, 0.25) is 0 Å². The zero-order chi connectivity index (χ0) is 33.1. The summed E-state index contributed by atoms with van der Waals surface area (Å²) in [6.45, 7) is 7.38. The first-order valence-corrected chi connectivity index (χ1v) is 16.1. The number of hydrogen-bond donors (Lipinski definition) is 3. The molecule has 9 heteroatoms.